The van der Waals surface area contributed by atoms with E-state index in [-0.39, 0.29) is 19.0 Å². The number of amides is 3. The molecule has 0 aromatic rings. The van der Waals surface area contributed by atoms with Crippen molar-refractivity contribution in [2.75, 3.05) is 18.8 Å². The quantitative estimate of drug-likeness (QED) is 0.198. The first kappa shape index (κ1) is 19.9. The molecule has 0 fully saturated rings. The maximum atomic E-state index is 11.6. The molecule has 11 heteroatoms. The molecule has 0 aromatic heterocycles. The molecule has 0 heterocycles. The van der Waals surface area contributed by atoms with Crippen molar-refractivity contribution in [1.82, 2.24) is 16.0 Å². The molecule has 1 atom stereocenters. The fourth-order valence-electron chi connectivity index (χ4n) is 1.32. The smallest absolute Gasteiger partial charge is 0.405 e. The van der Waals surface area contributed by atoms with Crippen LogP contribution in [0.1, 0.15) is 13.3 Å². The van der Waals surface area contributed by atoms with Crippen molar-refractivity contribution in [3.8, 4) is 0 Å². The Kier molecular flexibility index (Phi) is 8.12. The van der Waals surface area contributed by atoms with Gasteiger partial charge in [-0.2, -0.15) is 8.42 Å². The van der Waals surface area contributed by atoms with E-state index < -0.39 is 33.9 Å². The lowest BCUT2D eigenvalue weighted by atomic mass is 10.3. The molecule has 126 valence electrons. The third-order valence-electron chi connectivity index (χ3n) is 2.32. The number of hydrogen-bond acceptors (Lipinski definition) is 5. The second-order valence-electron chi connectivity index (χ2n) is 4.43. The van der Waals surface area contributed by atoms with Crippen LogP contribution in [0.3, 0.4) is 0 Å². The minimum absolute atomic E-state index is 0.0819. The summed E-state index contributed by atoms with van der Waals surface area (Å²) >= 11 is 0. The lowest BCUT2D eigenvalue weighted by Crippen LogP contribution is -2.50. The first-order valence-electron chi connectivity index (χ1n) is 6.19. The average molecular weight is 337 g/mol. The molecule has 3 amide bonds. The highest BCUT2D eigenvalue weighted by atomic mass is 32.2. The normalized spacial score (nSPS) is 12.1. The van der Waals surface area contributed by atoms with E-state index >= 15 is 0 Å². The predicted molar refractivity (Wildman–Crippen MR) is 76.8 cm³/mol. The van der Waals surface area contributed by atoms with Gasteiger partial charge in [-0.15, -0.1) is 0 Å². The van der Waals surface area contributed by atoms with Gasteiger partial charge < -0.3 is 21.1 Å². The minimum atomic E-state index is -4.52. The van der Waals surface area contributed by atoms with Crippen LogP contribution >= 0.6 is 0 Å². The SMILES string of the molecule is C=C(C)C(=O)NCCCNC(=O)C(CS(=O)(=O)O)NC(=O)O. The zero-order chi connectivity index (χ0) is 17.3. The van der Waals surface area contributed by atoms with Crippen LogP contribution in [0.25, 0.3) is 0 Å². The monoisotopic (exact) mass is 337 g/mol. The highest BCUT2D eigenvalue weighted by Gasteiger charge is 2.25. The van der Waals surface area contributed by atoms with Crippen LogP contribution in [-0.2, 0) is 19.7 Å². The van der Waals surface area contributed by atoms with Crippen LogP contribution in [-0.4, -0.2) is 60.9 Å². The second kappa shape index (κ2) is 9.00. The average Bonchev–Trinajstić information content (AvgIpc) is 2.34. The molecule has 0 aromatic carbocycles. The molecule has 0 bridgehead atoms. The molecule has 10 nitrogen and oxygen atoms in total. The second-order valence-corrected chi connectivity index (χ2v) is 5.93. The number of carbonyl (C=O) groups excluding carboxylic acids is 2. The van der Waals surface area contributed by atoms with Crippen LogP contribution in [0.5, 0.6) is 0 Å². The van der Waals surface area contributed by atoms with Crippen LogP contribution in [0.4, 0.5) is 4.79 Å². The predicted octanol–water partition coefficient (Wildman–Crippen LogP) is -1.29. The topological polar surface area (TPSA) is 162 Å². The van der Waals surface area contributed by atoms with Crippen LogP contribution in [0.2, 0.25) is 0 Å². The Morgan fingerprint density at radius 3 is 2.18 bits per heavy atom. The van der Waals surface area contributed by atoms with Gasteiger partial charge in [0.05, 0.1) is 0 Å². The largest absolute Gasteiger partial charge is 0.465 e. The number of rotatable bonds is 9. The maximum Gasteiger partial charge on any atom is 0.405 e. The Morgan fingerprint density at radius 2 is 1.73 bits per heavy atom. The molecule has 0 saturated heterocycles. The summed E-state index contributed by atoms with van der Waals surface area (Å²) in [6.07, 6.45) is -1.26. The Balaban J connectivity index is 4.26. The van der Waals surface area contributed by atoms with Gasteiger partial charge in [0.2, 0.25) is 11.8 Å². The Labute approximate surface area is 127 Å². The standard InChI is InChI=1S/C11H19N3O7S/c1-7(2)9(15)12-4-3-5-13-10(16)8(14-11(17)18)6-22(19,20)21/h8,14H,1,3-6H2,2H3,(H,12,15)(H,13,16)(H,17,18)(H,19,20,21). The maximum absolute atomic E-state index is 11.6. The summed E-state index contributed by atoms with van der Waals surface area (Å²) in [6.45, 7) is 5.31. The molecular formula is C11H19N3O7S. The molecule has 0 rings (SSSR count). The lowest BCUT2D eigenvalue weighted by Gasteiger charge is -2.15. The van der Waals surface area contributed by atoms with Gasteiger partial charge in [-0.3, -0.25) is 14.1 Å². The van der Waals surface area contributed by atoms with Crippen molar-refractivity contribution in [3.05, 3.63) is 12.2 Å². The molecule has 0 spiro atoms. The summed E-state index contributed by atoms with van der Waals surface area (Å²) in [5.41, 5.74) is 0.336. The molecule has 0 saturated carbocycles. The van der Waals surface area contributed by atoms with Crippen molar-refractivity contribution >= 4 is 28.0 Å². The van der Waals surface area contributed by atoms with Gasteiger partial charge in [0.1, 0.15) is 11.8 Å². The molecule has 0 aliphatic rings. The minimum Gasteiger partial charge on any atom is -0.465 e. The van der Waals surface area contributed by atoms with E-state index in [1.54, 1.807) is 5.32 Å². The summed E-state index contributed by atoms with van der Waals surface area (Å²) in [4.78, 5) is 33.3. The summed E-state index contributed by atoms with van der Waals surface area (Å²) in [6, 6.07) is -1.63. The van der Waals surface area contributed by atoms with Gasteiger partial charge in [0.25, 0.3) is 10.1 Å². The van der Waals surface area contributed by atoms with E-state index in [1.165, 1.54) is 6.92 Å². The first-order valence-corrected chi connectivity index (χ1v) is 7.80. The lowest BCUT2D eigenvalue weighted by molar-refractivity contribution is -0.122. The van der Waals surface area contributed by atoms with E-state index in [9.17, 15) is 22.8 Å². The Hall–Kier alpha value is -2.14. The highest BCUT2D eigenvalue weighted by Crippen LogP contribution is 1.93. The van der Waals surface area contributed by atoms with Gasteiger partial charge in [-0.1, -0.05) is 6.58 Å². The fraction of sp³-hybridized carbons (Fsp3) is 0.545. The Bertz CT molecular complexity index is 544. The van der Waals surface area contributed by atoms with Gasteiger partial charge in [0, 0.05) is 18.7 Å². The van der Waals surface area contributed by atoms with Crippen LogP contribution in [0.15, 0.2) is 12.2 Å². The molecule has 0 radical (unpaired) electrons. The van der Waals surface area contributed by atoms with Gasteiger partial charge in [0.15, 0.2) is 0 Å². The summed E-state index contributed by atoms with van der Waals surface area (Å²) in [5, 5.41) is 15.0. The van der Waals surface area contributed by atoms with Crippen molar-refractivity contribution < 1.29 is 32.5 Å². The van der Waals surface area contributed by atoms with Gasteiger partial charge in [-0.25, -0.2) is 4.79 Å². The fourth-order valence-corrected chi connectivity index (χ4v) is 1.97. The number of hydrogen-bond donors (Lipinski definition) is 5. The summed E-state index contributed by atoms with van der Waals surface area (Å²) in [7, 11) is -4.52. The van der Waals surface area contributed by atoms with E-state index in [1.807, 2.05) is 0 Å². The zero-order valence-electron chi connectivity index (χ0n) is 12.0. The number of nitrogens with one attached hydrogen (secondary N) is 3. The zero-order valence-corrected chi connectivity index (χ0v) is 12.8. The molecule has 0 aliphatic carbocycles. The molecule has 0 aliphatic heterocycles. The first-order chi connectivity index (χ1) is 10.0. The number of carbonyl (C=O) groups is 3. The van der Waals surface area contributed by atoms with E-state index in [0.717, 1.165) is 0 Å². The van der Waals surface area contributed by atoms with E-state index in [0.29, 0.717) is 12.0 Å². The van der Waals surface area contributed by atoms with Crippen molar-refractivity contribution in [2.45, 2.75) is 19.4 Å². The molecular weight excluding hydrogens is 318 g/mol. The summed E-state index contributed by atoms with van der Waals surface area (Å²) < 4.78 is 30.1. The van der Waals surface area contributed by atoms with Crippen molar-refractivity contribution in [2.24, 2.45) is 0 Å². The molecule has 22 heavy (non-hydrogen) atoms. The summed E-state index contributed by atoms with van der Waals surface area (Å²) in [5.74, 6) is -2.30. The Morgan fingerprint density at radius 1 is 1.18 bits per heavy atom. The highest BCUT2D eigenvalue weighted by molar-refractivity contribution is 7.85. The van der Waals surface area contributed by atoms with Crippen LogP contribution < -0.4 is 16.0 Å². The number of carboxylic acid groups (broad SMARTS) is 1. The van der Waals surface area contributed by atoms with Crippen molar-refractivity contribution in [3.63, 3.8) is 0 Å². The van der Waals surface area contributed by atoms with Gasteiger partial charge in [-0.05, 0) is 13.3 Å². The molecule has 1 unspecified atom stereocenters. The third-order valence-corrected chi connectivity index (χ3v) is 3.07. The third kappa shape index (κ3) is 9.72. The molecule has 5 N–H and O–H groups in total. The van der Waals surface area contributed by atoms with E-state index in [2.05, 4.69) is 17.2 Å². The van der Waals surface area contributed by atoms with Crippen molar-refractivity contribution in [1.29, 1.82) is 0 Å². The van der Waals surface area contributed by atoms with E-state index in [4.69, 9.17) is 9.66 Å². The van der Waals surface area contributed by atoms with Crippen LogP contribution in [0, 0.1) is 0 Å². The van der Waals surface area contributed by atoms with Gasteiger partial charge >= 0.3 is 6.09 Å².